The van der Waals surface area contributed by atoms with Gasteiger partial charge in [-0.1, -0.05) is 0 Å². The summed E-state index contributed by atoms with van der Waals surface area (Å²) in [5.41, 5.74) is 0. The zero-order valence-corrected chi connectivity index (χ0v) is 8.03. The van der Waals surface area contributed by atoms with Gasteiger partial charge in [0.1, 0.15) is 11.6 Å². The maximum atomic E-state index is 10.0. The van der Waals surface area contributed by atoms with Crippen LogP contribution >= 0.6 is 0 Å². The largest absolute Gasteiger partial charge is 2.00 e. The minimum atomic E-state index is -0.0625. The van der Waals surface area contributed by atoms with Crippen LogP contribution in [0.5, 0.6) is 0 Å². The molecule has 0 aliphatic rings. The summed E-state index contributed by atoms with van der Waals surface area (Å²) in [7, 11) is 0. The van der Waals surface area contributed by atoms with E-state index in [9.17, 15) is 9.59 Å². The number of halogens is 2. The Hall–Kier alpha value is 0.439. The molecule has 0 aromatic carbocycles. The monoisotopic (exact) mass is 233 g/mol. The van der Waals surface area contributed by atoms with Gasteiger partial charge in [0.05, 0.1) is 6.42 Å². The van der Waals surface area contributed by atoms with Gasteiger partial charge in [-0.25, -0.2) is 0 Å². The third-order valence-corrected chi connectivity index (χ3v) is 0.498. The maximum Gasteiger partial charge on any atom is 2.00 e. The predicted molar refractivity (Wildman–Crippen MR) is 26.0 cm³/mol. The van der Waals surface area contributed by atoms with E-state index in [4.69, 9.17) is 0 Å². The van der Waals surface area contributed by atoms with Gasteiger partial charge in [0.15, 0.2) is 0 Å². The van der Waals surface area contributed by atoms with Crippen LogP contribution in [0.3, 0.4) is 0 Å². The van der Waals surface area contributed by atoms with E-state index >= 15 is 0 Å². The van der Waals surface area contributed by atoms with Crippen molar-refractivity contribution in [3.05, 3.63) is 0 Å². The van der Waals surface area contributed by atoms with Crippen molar-refractivity contribution in [1.82, 2.24) is 0 Å². The summed E-state index contributed by atoms with van der Waals surface area (Å²) in [5, 5.41) is 0. The van der Waals surface area contributed by atoms with E-state index in [-0.39, 0.29) is 59.9 Å². The van der Waals surface area contributed by atoms with Crippen molar-refractivity contribution in [3.8, 4) is 0 Å². The molecule has 0 heterocycles. The van der Waals surface area contributed by atoms with Gasteiger partial charge in [-0.15, -0.1) is 0 Å². The molecule has 0 aromatic heterocycles. The summed E-state index contributed by atoms with van der Waals surface area (Å²) in [6.07, 6.45) is 0.0833. The van der Waals surface area contributed by atoms with Crippen LogP contribution in [0.25, 0.3) is 0 Å². The second-order valence-corrected chi connectivity index (χ2v) is 1.58. The molecule has 0 spiro atoms. The molecule has 5 heteroatoms. The third kappa shape index (κ3) is 23.7. The van der Waals surface area contributed by atoms with Crippen molar-refractivity contribution in [2.24, 2.45) is 0 Å². The molecule has 0 atom stereocenters. The number of hydrogen-bond donors (Lipinski definition) is 0. The normalized spacial score (nSPS) is 5.80. The van der Waals surface area contributed by atoms with Crippen LogP contribution in [-0.4, -0.2) is 11.6 Å². The molecule has 0 aromatic rings. The van der Waals surface area contributed by atoms with Crippen LogP contribution in [-0.2, 0) is 26.7 Å². The second-order valence-electron chi connectivity index (χ2n) is 1.58. The van der Waals surface area contributed by atoms with Crippen LogP contribution < -0.4 is 24.8 Å². The first-order chi connectivity index (χ1) is 3.13. The fourth-order valence-corrected chi connectivity index (χ4v) is 0.351. The zero-order chi connectivity index (χ0) is 5.86. The maximum absolute atomic E-state index is 10.0. The van der Waals surface area contributed by atoms with Gasteiger partial charge in [0.25, 0.3) is 0 Å². The molecule has 1 radical (unpaired) electrons. The molecule has 0 N–H and O–H groups in total. The van der Waals surface area contributed by atoms with E-state index in [1.165, 1.54) is 13.8 Å². The molecule has 2 nitrogen and oxygen atoms in total. The van der Waals surface area contributed by atoms with Crippen LogP contribution in [0.15, 0.2) is 0 Å². The quantitative estimate of drug-likeness (QED) is 0.353. The van der Waals surface area contributed by atoms with E-state index in [1.807, 2.05) is 0 Å². The minimum absolute atomic E-state index is 0. The predicted octanol–water partition coefficient (Wildman–Crippen LogP) is -5.44. The molecule has 10 heavy (non-hydrogen) atoms. The summed E-state index contributed by atoms with van der Waals surface area (Å²) in [4.78, 5) is 20.1. The Morgan fingerprint density at radius 3 is 1.20 bits per heavy atom. The van der Waals surface area contributed by atoms with Crippen LogP contribution in [0, 0.1) is 0 Å². The summed E-state index contributed by atoms with van der Waals surface area (Å²) in [6.45, 7) is 2.81. The van der Waals surface area contributed by atoms with Crippen LogP contribution in [0.1, 0.15) is 20.3 Å². The molecular weight excluding hydrogens is 227 g/mol. The molecule has 0 aliphatic carbocycles. The van der Waals surface area contributed by atoms with E-state index in [0.717, 1.165) is 0 Å². The Labute approximate surface area is 83.4 Å². The Bertz CT molecular complexity index is 93.8. The SMILES string of the molecule is CC(=O)CC(C)=O.[Cl-].[Cl-].[Cu+2]. The topological polar surface area (TPSA) is 34.1 Å². The average molecular weight is 235 g/mol. The summed E-state index contributed by atoms with van der Waals surface area (Å²) in [5.74, 6) is -0.125. The molecular formula is C5H8Cl2CuO2. The molecule has 0 aliphatic heterocycles. The van der Waals surface area contributed by atoms with Gasteiger partial charge < -0.3 is 24.8 Å². The van der Waals surface area contributed by atoms with Gasteiger partial charge in [-0.2, -0.15) is 0 Å². The van der Waals surface area contributed by atoms with Crippen molar-refractivity contribution < 1.29 is 51.5 Å². The minimum Gasteiger partial charge on any atom is -1.00 e. The van der Waals surface area contributed by atoms with Crippen molar-refractivity contribution in [1.29, 1.82) is 0 Å². The van der Waals surface area contributed by atoms with Crippen LogP contribution in [0.2, 0.25) is 0 Å². The number of ketones is 2. The van der Waals surface area contributed by atoms with Gasteiger partial charge in [0.2, 0.25) is 0 Å². The van der Waals surface area contributed by atoms with Gasteiger partial charge in [0, 0.05) is 0 Å². The Balaban J connectivity index is -0.0000000600. The van der Waals surface area contributed by atoms with Gasteiger partial charge >= 0.3 is 17.1 Å². The first-order valence-corrected chi connectivity index (χ1v) is 2.12. The smallest absolute Gasteiger partial charge is 1.00 e. The van der Waals surface area contributed by atoms with Crippen LogP contribution in [0.4, 0.5) is 0 Å². The van der Waals surface area contributed by atoms with E-state index in [1.54, 1.807) is 0 Å². The zero-order valence-electron chi connectivity index (χ0n) is 5.58. The number of carbonyl (C=O) groups excluding carboxylic acids is 2. The first kappa shape index (κ1) is 22.4. The summed E-state index contributed by atoms with van der Waals surface area (Å²) < 4.78 is 0. The fourth-order valence-electron chi connectivity index (χ4n) is 0.351. The molecule has 0 unspecified atom stereocenters. The Morgan fingerprint density at radius 1 is 1.00 bits per heavy atom. The molecule has 0 rings (SSSR count). The van der Waals surface area contributed by atoms with Crippen molar-refractivity contribution in [3.63, 3.8) is 0 Å². The van der Waals surface area contributed by atoms with E-state index in [0.29, 0.717) is 0 Å². The van der Waals surface area contributed by atoms with Crippen molar-refractivity contribution in [2.75, 3.05) is 0 Å². The molecule has 0 fully saturated rings. The van der Waals surface area contributed by atoms with Crippen molar-refractivity contribution >= 4 is 11.6 Å². The second kappa shape index (κ2) is 12.1. The number of hydrogen-bond acceptors (Lipinski definition) is 2. The Kier molecular flexibility index (Phi) is 27.3. The van der Waals surface area contributed by atoms with Gasteiger partial charge in [-0.05, 0) is 13.8 Å². The summed E-state index contributed by atoms with van der Waals surface area (Å²) in [6, 6.07) is 0. The average Bonchev–Trinajstić information content (AvgIpc) is 1.27. The molecule has 0 bridgehead atoms. The molecule has 65 valence electrons. The first-order valence-electron chi connectivity index (χ1n) is 2.12. The molecule has 0 saturated heterocycles. The van der Waals surface area contributed by atoms with Gasteiger partial charge in [-0.3, -0.25) is 9.59 Å². The Morgan fingerprint density at radius 2 is 1.20 bits per heavy atom. The molecule has 0 amide bonds. The van der Waals surface area contributed by atoms with E-state index < -0.39 is 0 Å². The standard InChI is InChI=1S/C5H8O2.2ClH.Cu/c1-4(6)3-5(2)7;;;/h3H2,1-2H3;2*1H;/q;;;+2/p-2. The van der Waals surface area contributed by atoms with E-state index in [2.05, 4.69) is 0 Å². The summed E-state index contributed by atoms with van der Waals surface area (Å²) >= 11 is 0. The molecule has 0 saturated carbocycles. The fraction of sp³-hybridized carbons (Fsp3) is 0.600. The third-order valence-electron chi connectivity index (χ3n) is 0.498. The number of carbonyl (C=O) groups is 2. The number of rotatable bonds is 2. The van der Waals surface area contributed by atoms with Crippen molar-refractivity contribution in [2.45, 2.75) is 20.3 Å². The number of Topliss-reactive ketones (excluding diaryl/α,β-unsaturated/α-hetero) is 2.